The number of benzene rings is 2. The Morgan fingerprint density at radius 2 is 1.53 bits per heavy atom. The van der Waals surface area contributed by atoms with E-state index in [2.05, 4.69) is 15.5 Å². The third kappa shape index (κ3) is 5.38. The molecule has 0 fully saturated rings. The lowest BCUT2D eigenvalue weighted by molar-refractivity contribution is -0.126. The molecule has 2 aromatic rings. The zero-order valence-corrected chi connectivity index (χ0v) is 17.9. The number of nitrogens with zero attached hydrogens (tertiary/aromatic N) is 2. The van der Waals surface area contributed by atoms with E-state index in [9.17, 15) is 9.59 Å². The number of amides is 1. The summed E-state index contributed by atoms with van der Waals surface area (Å²) in [6.45, 7) is 1.25. The van der Waals surface area contributed by atoms with Crippen molar-refractivity contribution in [2.24, 2.45) is 10.2 Å². The highest BCUT2D eigenvalue weighted by Gasteiger charge is 2.25. The molecule has 2 aromatic carbocycles. The van der Waals surface area contributed by atoms with Crippen LogP contribution in [0.25, 0.3) is 0 Å². The van der Waals surface area contributed by atoms with E-state index in [0.29, 0.717) is 33.7 Å². The van der Waals surface area contributed by atoms with Gasteiger partial charge in [-0.05, 0) is 19.1 Å². The van der Waals surface area contributed by atoms with Crippen LogP contribution in [0.4, 0.5) is 11.4 Å². The van der Waals surface area contributed by atoms with E-state index in [0.717, 1.165) is 0 Å². The van der Waals surface area contributed by atoms with Crippen molar-refractivity contribution in [3.63, 3.8) is 0 Å². The van der Waals surface area contributed by atoms with Crippen molar-refractivity contribution in [1.29, 1.82) is 0 Å². The van der Waals surface area contributed by atoms with Crippen LogP contribution in [0.5, 0.6) is 23.0 Å². The molecule has 0 aliphatic heterocycles. The molecule has 0 aromatic heterocycles. The van der Waals surface area contributed by atoms with Crippen molar-refractivity contribution >= 4 is 34.7 Å². The second-order valence-corrected chi connectivity index (χ2v) is 6.35. The summed E-state index contributed by atoms with van der Waals surface area (Å²) < 4.78 is 20.7. The van der Waals surface area contributed by atoms with Crippen molar-refractivity contribution in [3.8, 4) is 23.0 Å². The number of carbonyl (C=O) groups is 2. The van der Waals surface area contributed by atoms with Gasteiger partial charge in [0.25, 0.3) is 5.91 Å². The quantitative estimate of drug-likeness (QED) is 0.470. The van der Waals surface area contributed by atoms with Crippen LogP contribution in [0.1, 0.15) is 6.92 Å². The predicted octanol–water partition coefficient (Wildman–Crippen LogP) is 4.05. The summed E-state index contributed by atoms with van der Waals surface area (Å²) in [4.78, 5) is 24.7. The van der Waals surface area contributed by atoms with Gasteiger partial charge < -0.3 is 24.3 Å². The number of hydrogen-bond acceptors (Lipinski definition) is 8. The third-order valence-electron chi connectivity index (χ3n) is 4.02. The standard InChI is InChI=1S/C20H22ClN3O6/c1-11(25)19(24-23-12-6-7-15(27-2)18(8-12)30-5)20(26)22-14-10-16(28-3)13(21)9-17(14)29-4/h6-10,19H,1-5H3,(H,22,26). The second-order valence-electron chi connectivity index (χ2n) is 5.94. The Morgan fingerprint density at radius 1 is 0.900 bits per heavy atom. The summed E-state index contributed by atoms with van der Waals surface area (Å²) in [5, 5.41) is 10.8. The monoisotopic (exact) mass is 435 g/mol. The first-order valence-electron chi connectivity index (χ1n) is 8.70. The second kappa shape index (κ2) is 10.4. The van der Waals surface area contributed by atoms with Crippen LogP contribution in [0, 0.1) is 0 Å². The van der Waals surface area contributed by atoms with E-state index in [-0.39, 0.29) is 5.69 Å². The van der Waals surface area contributed by atoms with Crippen LogP contribution in [0.3, 0.4) is 0 Å². The van der Waals surface area contributed by atoms with E-state index < -0.39 is 17.7 Å². The molecule has 0 heterocycles. The van der Waals surface area contributed by atoms with Gasteiger partial charge in [0, 0.05) is 18.2 Å². The van der Waals surface area contributed by atoms with Crippen LogP contribution in [0.15, 0.2) is 40.6 Å². The molecule has 0 saturated heterocycles. The van der Waals surface area contributed by atoms with Crippen LogP contribution < -0.4 is 24.3 Å². The molecule has 0 bridgehead atoms. The Kier molecular flexibility index (Phi) is 7.99. The molecule has 160 valence electrons. The number of ketones is 1. The highest BCUT2D eigenvalue weighted by Crippen LogP contribution is 2.36. The molecule has 2 rings (SSSR count). The van der Waals surface area contributed by atoms with Crippen molar-refractivity contribution < 1.29 is 28.5 Å². The number of carbonyl (C=O) groups excluding carboxylic acids is 2. The van der Waals surface area contributed by atoms with Gasteiger partial charge in [0.1, 0.15) is 11.5 Å². The minimum Gasteiger partial charge on any atom is -0.495 e. The maximum absolute atomic E-state index is 12.7. The maximum Gasteiger partial charge on any atom is 0.258 e. The Labute approximate surface area is 178 Å². The molecule has 1 unspecified atom stereocenters. The van der Waals surface area contributed by atoms with E-state index in [4.69, 9.17) is 30.5 Å². The predicted molar refractivity (Wildman–Crippen MR) is 112 cm³/mol. The van der Waals surface area contributed by atoms with Crippen LogP contribution in [-0.2, 0) is 9.59 Å². The van der Waals surface area contributed by atoms with Gasteiger partial charge in [-0.2, -0.15) is 10.2 Å². The molecule has 0 aliphatic rings. The number of anilines is 1. The number of rotatable bonds is 9. The molecule has 1 atom stereocenters. The van der Waals surface area contributed by atoms with E-state index >= 15 is 0 Å². The highest BCUT2D eigenvalue weighted by atomic mass is 35.5. The fourth-order valence-corrected chi connectivity index (χ4v) is 2.72. The van der Waals surface area contributed by atoms with Crippen molar-refractivity contribution in [2.75, 3.05) is 33.8 Å². The molecule has 0 radical (unpaired) electrons. The van der Waals surface area contributed by atoms with Gasteiger partial charge in [-0.3, -0.25) is 9.59 Å². The van der Waals surface area contributed by atoms with Crippen molar-refractivity contribution in [1.82, 2.24) is 0 Å². The van der Waals surface area contributed by atoms with Gasteiger partial charge in [0.2, 0.25) is 6.04 Å². The average molecular weight is 436 g/mol. The molecule has 30 heavy (non-hydrogen) atoms. The largest absolute Gasteiger partial charge is 0.495 e. The van der Waals surface area contributed by atoms with Gasteiger partial charge in [0.05, 0.1) is 44.8 Å². The van der Waals surface area contributed by atoms with E-state index in [1.807, 2.05) is 0 Å². The smallest absolute Gasteiger partial charge is 0.258 e. The SMILES string of the molecule is COc1cc(NC(=O)C(N=Nc2ccc(OC)c(OC)c2)C(C)=O)c(OC)cc1Cl. The number of nitrogens with one attached hydrogen (secondary N) is 1. The molecule has 0 saturated carbocycles. The number of halogens is 1. The minimum absolute atomic E-state index is 0.274. The molecule has 1 N–H and O–H groups in total. The average Bonchev–Trinajstić information content (AvgIpc) is 2.74. The normalized spacial score (nSPS) is 11.7. The lowest BCUT2D eigenvalue weighted by Crippen LogP contribution is -2.32. The Morgan fingerprint density at radius 3 is 2.10 bits per heavy atom. The van der Waals surface area contributed by atoms with Gasteiger partial charge in [-0.15, -0.1) is 0 Å². The fraction of sp³-hybridized carbons (Fsp3) is 0.300. The zero-order valence-electron chi connectivity index (χ0n) is 17.2. The highest BCUT2D eigenvalue weighted by molar-refractivity contribution is 6.32. The zero-order chi connectivity index (χ0) is 22.3. The number of azo groups is 1. The Hall–Kier alpha value is -3.33. The van der Waals surface area contributed by atoms with Crippen LogP contribution >= 0.6 is 11.6 Å². The maximum atomic E-state index is 12.7. The fourth-order valence-electron chi connectivity index (χ4n) is 2.49. The van der Waals surface area contributed by atoms with Crippen LogP contribution in [-0.4, -0.2) is 46.2 Å². The molecule has 0 spiro atoms. The van der Waals surface area contributed by atoms with Gasteiger partial charge in [-0.25, -0.2) is 0 Å². The number of ether oxygens (including phenoxy) is 4. The summed E-state index contributed by atoms with van der Waals surface area (Å²) in [5.74, 6) is 0.412. The third-order valence-corrected chi connectivity index (χ3v) is 4.32. The van der Waals surface area contributed by atoms with E-state index in [1.165, 1.54) is 47.5 Å². The topological polar surface area (TPSA) is 108 Å². The van der Waals surface area contributed by atoms with E-state index in [1.54, 1.807) is 18.2 Å². The van der Waals surface area contributed by atoms with Crippen LogP contribution in [0.2, 0.25) is 5.02 Å². The summed E-state index contributed by atoms with van der Waals surface area (Å²) in [7, 11) is 5.86. The Balaban J connectivity index is 2.28. The molecule has 10 heteroatoms. The molecule has 0 aliphatic carbocycles. The summed E-state index contributed by atoms with van der Waals surface area (Å²) in [5.41, 5.74) is 0.661. The summed E-state index contributed by atoms with van der Waals surface area (Å²) in [6.07, 6.45) is 0. The van der Waals surface area contributed by atoms with Gasteiger partial charge in [-0.1, -0.05) is 11.6 Å². The number of Topliss-reactive ketones (excluding diaryl/α,β-unsaturated/α-hetero) is 1. The lowest BCUT2D eigenvalue weighted by atomic mass is 10.2. The summed E-state index contributed by atoms with van der Waals surface area (Å²) >= 11 is 6.07. The molecular weight excluding hydrogens is 414 g/mol. The first-order chi connectivity index (χ1) is 14.3. The van der Waals surface area contributed by atoms with Gasteiger partial charge in [0.15, 0.2) is 17.3 Å². The molecule has 9 nitrogen and oxygen atoms in total. The van der Waals surface area contributed by atoms with Crippen molar-refractivity contribution in [3.05, 3.63) is 35.4 Å². The van der Waals surface area contributed by atoms with Gasteiger partial charge >= 0.3 is 0 Å². The Bertz CT molecular complexity index is 964. The first kappa shape index (κ1) is 23.0. The first-order valence-corrected chi connectivity index (χ1v) is 9.08. The molecule has 1 amide bonds. The minimum atomic E-state index is -1.37. The van der Waals surface area contributed by atoms with Crippen molar-refractivity contribution in [2.45, 2.75) is 13.0 Å². The number of hydrogen-bond donors (Lipinski definition) is 1. The lowest BCUT2D eigenvalue weighted by Gasteiger charge is -2.14. The summed E-state index contributed by atoms with van der Waals surface area (Å²) in [6, 6.07) is 6.44. The number of methoxy groups -OCH3 is 4. The molecular formula is C20H22ClN3O6.